The van der Waals surface area contributed by atoms with E-state index in [4.69, 9.17) is 9.47 Å². The highest BCUT2D eigenvalue weighted by atomic mass is 79.9. The molecule has 4 atom stereocenters. The zero-order valence-electron chi connectivity index (χ0n) is 13.8. The highest BCUT2D eigenvalue weighted by Gasteiger charge is 2.34. The molecular formula is C18H27BrN2O2. The van der Waals surface area contributed by atoms with E-state index in [1.165, 1.54) is 19.3 Å². The van der Waals surface area contributed by atoms with Crippen molar-refractivity contribution in [3.8, 4) is 5.75 Å². The van der Waals surface area contributed by atoms with Crippen molar-refractivity contribution in [3.63, 3.8) is 0 Å². The lowest BCUT2D eigenvalue weighted by atomic mass is 9.94. The van der Waals surface area contributed by atoms with E-state index >= 15 is 0 Å². The first-order valence-electron chi connectivity index (χ1n) is 8.69. The van der Waals surface area contributed by atoms with Gasteiger partial charge >= 0.3 is 0 Å². The van der Waals surface area contributed by atoms with Gasteiger partial charge in [-0.2, -0.15) is 0 Å². The van der Waals surface area contributed by atoms with Gasteiger partial charge < -0.3 is 20.1 Å². The van der Waals surface area contributed by atoms with Gasteiger partial charge in [-0.3, -0.25) is 0 Å². The minimum Gasteiger partial charge on any atom is -0.489 e. The molecule has 0 spiro atoms. The monoisotopic (exact) mass is 382 g/mol. The molecular weight excluding hydrogens is 356 g/mol. The first-order chi connectivity index (χ1) is 11.2. The second-order valence-electron chi connectivity index (χ2n) is 6.63. The van der Waals surface area contributed by atoms with Crippen LogP contribution < -0.4 is 15.4 Å². The summed E-state index contributed by atoms with van der Waals surface area (Å²) in [6, 6.07) is 9.11. The highest BCUT2D eigenvalue weighted by molar-refractivity contribution is 9.10. The second-order valence-corrected chi connectivity index (χ2v) is 7.54. The molecule has 1 saturated carbocycles. The lowest BCUT2D eigenvalue weighted by Crippen LogP contribution is -2.51. The third-order valence-electron chi connectivity index (χ3n) is 4.85. The summed E-state index contributed by atoms with van der Waals surface area (Å²) in [7, 11) is 0. The third kappa shape index (κ3) is 4.92. The van der Waals surface area contributed by atoms with E-state index < -0.39 is 0 Å². The lowest BCUT2D eigenvalue weighted by molar-refractivity contribution is 0.0518. The van der Waals surface area contributed by atoms with Gasteiger partial charge in [-0.25, -0.2) is 0 Å². The lowest BCUT2D eigenvalue weighted by Gasteiger charge is -2.33. The fourth-order valence-electron chi connectivity index (χ4n) is 3.69. The maximum atomic E-state index is 5.99. The molecule has 1 aromatic rings. The van der Waals surface area contributed by atoms with Crippen LogP contribution in [0.1, 0.15) is 26.2 Å². The molecule has 1 heterocycles. The Morgan fingerprint density at radius 1 is 1.35 bits per heavy atom. The Balaban J connectivity index is 1.45. The van der Waals surface area contributed by atoms with E-state index in [0.717, 1.165) is 36.5 Å². The van der Waals surface area contributed by atoms with E-state index in [2.05, 4.69) is 33.5 Å². The van der Waals surface area contributed by atoms with Crippen LogP contribution in [0.25, 0.3) is 0 Å². The van der Waals surface area contributed by atoms with E-state index in [-0.39, 0.29) is 6.10 Å². The Morgan fingerprint density at radius 2 is 2.17 bits per heavy atom. The molecule has 1 aliphatic carbocycles. The molecule has 0 bridgehead atoms. The van der Waals surface area contributed by atoms with Crippen LogP contribution in [0.2, 0.25) is 0 Å². The van der Waals surface area contributed by atoms with E-state index in [0.29, 0.717) is 18.0 Å². The van der Waals surface area contributed by atoms with Gasteiger partial charge in [-0.1, -0.05) is 22.4 Å². The summed E-state index contributed by atoms with van der Waals surface area (Å²) in [6.07, 6.45) is 4.02. The maximum absolute atomic E-state index is 5.99. The number of morpholine rings is 1. The average molecular weight is 383 g/mol. The van der Waals surface area contributed by atoms with Crippen LogP contribution in [0.15, 0.2) is 28.7 Å². The molecule has 2 N–H and O–H groups in total. The average Bonchev–Trinajstić information content (AvgIpc) is 3.04. The summed E-state index contributed by atoms with van der Waals surface area (Å²) in [6.45, 7) is 5.69. The minimum absolute atomic E-state index is 0.160. The van der Waals surface area contributed by atoms with E-state index in [1.807, 2.05) is 24.3 Å². The Bertz CT molecular complexity index is 476. The molecule has 2 fully saturated rings. The van der Waals surface area contributed by atoms with Gasteiger partial charge in [0.2, 0.25) is 0 Å². The van der Waals surface area contributed by atoms with Gasteiger partial charge in [-0.15, -0.1) is 0 Å². The topological polar surface area (TPSA) is 42.5 Å². The summed E-state index contributed by atoms with van der Waals surface area (Å²) < 4.78 is 12.7. The first kappa shape index (κ1) is 17.2. The van der Waals surface area contributed by atoms with Crippen LogP contribution in [0, 0.1) is 5.92 Å². The fourth-order valence-corrected chi connectivity index (χ4v) is 3.95. The summed E-state index contributed by atoms with van der Waals surface area (Å²) in [5.41, 5.74) is 0. The van der Waals surface area contributed by atoms with Crippen LogP contribution in [0.3, 0.4) is 0 Å². The van der Waals surface area contributed by atoms with Crippen molar-refractivity contribution in [1.82, 2.24) is 10.6 Å². The summed E-state index contributed by atoms with van der Waals surface area (Å²) in [5, 5.41) is 7.35. The molecule has 3 rings (SSSR count). The number of hydrogen-bond donors (Lipinski definition) is 2. The molecule has 4 nitrogen and oxygen atoms in total. The second kappa shape index (κ2) is 8.47. The van der Waals surface area contributed by atoms with Crippen LogP contribution in [-0.2, 0) is 4.74 Å². The molecule has 4 unspecified atom stereocenters. The normalized spacial score (nSPS) is 29.4. The molecule has 0 amide bonds. The summed E-state index contributed by atoms with van der Waals surface area (Å²) >= 11 is 3.45. The fraction of sp³-hybridized carbons (Fsp3) is 0.667. The molecule has 1 aromatic carbocycles. The van der Waals surface area contributed by atoms with Crippen molar-refractivity contribution >= 4 is 15.9 Å². The standard InChI is InChI=1S/C18H27BrN2O2/c1-13(23-15-7-5-14(19)6-8-15)11-21-17-4-2-3-16(17)18-12-22-10-9-20-18/h5-8,13,16-18,20-21H,2-4,9-12H2,1H3. The van der Waals surface area contributed by atoms with Crippen molar-refractivity contribution in [2.24, 2.45) is 5.92 Å². The number of rotatable bonds is 6. The van der Waals surface area contributed by atoms with Gasteiger partial charge in [0.25, 0.3) is 0 Å². The molecule has 2 aliphatic rings. The van der Waals surface area contributed by atoms with Gasteiger partial charge in [0, 0.05) is 29.6 Å². The summed E-state index contributed by atoms with van der Waals surface area (Å²) in [4.78, 5) is 0. The van der Waals surface area contributed by atoms with Crippen LogP contribution in [0.4, 0.5) is 0 Å². The Labute approximate surface area is 147 Å². The number of hydrogen-bond acceptors (Lipinski definition) is 4. The highest BCUT2D eigenvalue weighted by Crippen LogP contribution is 2.29. The van der Waals surface area contributed by atoms with Crippen LogP contribution >= 0.6 is 15.9 Å². The summed E-state index contributed by atoms with van der Waals surface area (Å²) in [5.74, 6) is 1.60. The van der Waals surface area contributed by atoms with Crippen molar-refractivity contribution in [2.45, 2.75) is 44.4 Å². The largest absolute Gasteiger partial charge is 0.489 e. The first-order valence-corrected chi connectivity index (χ1v) is 9.48. The molecule has 128 valence electrons. The smallest absolute Gasteiger partial charge is 0.119 e. The minimum atomic E-state index is 0.160. The van der Waals surface area contributed by atoms with Gasteiger partial charge in [-0.05, 0) is 49.9 Å². The predicted molar refractivity (Wildman–Crippen MR) is 96.0 cm³/mol. The molecule has 23 heavy (non-hydrogen) atoms. The van der Waals surface area contributed by atoms with Gasteiger partial charge in [0.15, 0.2) is 0 Å². The zero-order valence-corrected chi connectivity index (χ0v) is 15.3. The number of halogens is 1. The predicted octanol–water partition coefficient (Wildman–Crippen LogP) is 2.96. The van der Waals surface area contributed by atoms with Crippen molar-refractivity contribution in [3.05, 3.63) is 28.7 Å². The third-order valence-corrected chi connectivity index (χ3v) is 5.38. The SMILES string of the molecule is CC(CNC1CCCC1C1COCCN1)Oc1ccc(Br)cc1. The van der Waals surface area contributed by atoms with Crippen LogP contribution in [-0.4, -0.2) is 44.5 Å². The van der Waals surface area contributed by atoms with Crippen LogP contribution in [0.5, 0.6) is 5.75 Å². The molecule has 1 saturated heterocycles. The molecule has 0 aromatic heterocycles. The molecule has 1 aliphatic heterocycles. The Kier molecular flexibility index (Phi) is 6.34. The van der Waals surface area contributed by atoms with E-state index in [9.17, 15) is 0 Å². The quantitative estimate of drug-likeness (QED) is 0.793. The van der Waals surface area contributed by atoms with Crippen molar-refractivity contribution in [1.29, 1.82) is 0 Å². The van der Waals surface area contributed by atoms with Gasteiger partial charge in [0.1, 0.15) is 11.9 Å². The zero-order chi connectivity index (χ0) is 16.1. The number of benzene rings is 1. The van der Waals surface area contributed by atoms with Crippen molar-refractivity contribution in [2.75, 3.05) is 26.3 Å². The van der Waals surface area contributed by atoms with Gasteiger partial charge in [0.05, 0.1) is 13.2 Å². The Hall–Kier alpha value is -0.620. The maximum Gasteiger partial charge on any atom is 0.119 e. The van der Waals surface area contributed by atoms with Crippen molar-refractivity contribution < 1.29 is 9.47 Å². The Morgan fingerprint density at radius 3 is 2.91 bits per heavy atom. The van der Waals surface area contributed by atoms with E-state index in [1.54, 1.807) is 0 Å². The molecule has 0 radical (unpaired) electrons. The molecule has 5 heteroatoms. The number of nitrogens with one attached hydrogen (secondary N) is 2. The number of ether oxygens (including phenoxy) is 2.